The number of aromatic amines is 1. The third-order valence-corrected chi connectivity index (χ3v) is 0.805. The Morgan fingerprint density at radius 1 is 1.55 bits per heavy atom. The number of hydrogen-bond donors (Lipinski definition) is 2. The standard InChI is InChI=1S/C4H3FN2O2.CH4O/c5-7-3(8)1-2-6-4(7)9;1-2/h1-2H,(H,6,9);2H,1H3. The van der Waals surface area contributed by atoms with Gasteiger partial charge in [-0.3, -0.25) is 4.79 Å². The van der Waals surface area contributed by atoms with Crippen LogP contribution in [0.1, 0.15) is 0 Å². The van der Waals surface area contributed by atoms with E-state index in [0.717, 1.165) is 19.4 Å². The average molecular weight is 162 g/mol. The van der Waals surface area contributed by atoms with E-state index in [1.807, 2.05) is 4.98 Å². The molecule has 0 unspecified atom stereocenters. The predicted molar refractivity (Wildman–Crippen MR) is 36.0 cm³/mol. The van der Waals surface area contributed by atoms with Crippen molar-refractivity contribution in [1.82, 2.24) is 9.77 Å². The van der Waals surface area contributed by atoms with Crippen molar-refractivity contribution in [3.8, 4) is 0 Å². The summed E-state index contributed by atoms with van der Waals surface area (Å²) in [5.74, 6) is 0. The molecule has 62 valence electrons. The summed E-state index contributed by atoms with van der Waals surface area (Å²) in [7, 11) is 1.00. The minimum absolute atomic E-state index is 0.500. The van der Waals surface area contributed by atoms with E-state index in [9.17, 15) is 14.1 Å². The SMILES string of the molecule is CO.O=c1cc[nH]c(=O)n1F. The zero-order valence-corrected chi connectivity index (χ0v) is 5.74. The van der Waals surface area contributed by atoms with Gasteiger partial charge in [0.1, 0.15) is 0 Å². The highest BCUT2D eigenvalue weighted by atomic mass is 19.2. The van der Waals surface area contributed by atoms with Gasteiger partial charge in [0.2, 0.25) is 0 Å². The minimum Gasteiger partial charge on any atom is -0.400 e. The summed E-state index contributed by atoms with van der Waals surface area (Å²) in [6.45, 7) is 0. The molecule has 1 aromatic rings. The molecule has 0 radical (unpaired) electrons. The van der Waals surface area contributed by atoms with E-state index in [1.165, 1.54) is 0 Å². The number of nitrogens with zero attached hydrogens (tertiary/aromatic N) is 1. The van der Waals surface area contributed by atoms with E-state index in [1.54, 1.807) is 0 Å². The number of hydrogen-bond acceptors (Lipinski definition) is 3. The van der Waals surface area contributed by atoms with Crippen molar-refractivity contribution >= 4 is 0 Å². The Labute approximate surface area is 60.7 Å². The van der Waals surface area contributed by atoms with Gasteiger partial charge in [-0.2, -0.15) is 0 Å². The van der Waals surface area contributed by atoms with Crippen molar-refractivity contribution < 1.29 is 9.59 Å². The van der Waals surface area contributed by atoms with Crippen LogP contribution in [0.3, 0.4) is 0 Å². The second-order valence-electron chi connectivity index (χ2n) is 1.40. The first kappa shape index (κ1) is 9.57. The van der Waals surface area contributed by atoms with Gasteiger partial charge in [0.15, 0.2) is 0 Å². The van der Waals surface area contributed by atoms with Gasteiger partial charge in [0, 0.05) is 19.4 Å². The molecule has 0 spiro atoms. The lowest BCUT2D eigenvalue weighted by Crippen LogP contribution is -2.28. The molecule has 0 aliphatic carbocycles. The third kappa shape index (κ3) is 2.34. The zero-order chi connectivity index (χ0) is 8.85. The Kier molecular flexibility index (Phi) is 3.82. The first-order valence-corrected chi connectivity index (χ1v) is 2.63. The summed E-state index contributed by atoms with van der Waals surface area (Å²) in [6.07, 6.45) is 1.08. The monoisotopic (exact) mass is 162 g/mol. The molecule has 6 heteroatoms. The van der Waals surface area contributed by atoms with Gasteiger partial charge >= 0.3 is 5.69 Å². The van der Waals surface area contributed by atoms with Crippen LogP contribution < -0.4 is 11.2 Å². The number of nitrogens with one attached hydrogen (secondary N) is 1. The van der Waals surface area contributed by atoms with Crippen LogP contribution in [-0.2, 0) is 0 Å². The first-order chi connectivity index (χ1) is 5.22. The molecule has 5 nitrogen and oxygen atoms in total. The van der Waals surface area contributed by atoms with Crippen molar-refractivity contribution in [3.63, 3.8) is 0 Å². The van der Waals surface area contributed by atoms with Gasteiger partial charge < -0.3 is 10.1 Å². The van der Waals surface area contributed by atoms with Gasteiger partial charge in [-0.1, -0.05) is 9.27 Å². The molecule has 0 saturated heterocycles. The highest BCUT2D eigenvalue weighted by Gasteiger charge is 1.93. The van der Waals surface area contributed by atoms with Crippen molar-refractivity contribution in [3.05, 3.63) is 33.1 Å². The fourth-order valence-electron chi connectivity index (χ4n) is 0.406. The van der Waals surface area contributed by atoms with Crippen LogP contribution in [0.2, 0.25) is 0 Å². The van der Waals surface area contributed by atoms with Gasteiger partial charge in [0.05, 0.1) is 0 Å². The molecule has 2 N–H and O–H groups in total. The molecule has 0 fully saturated rings. The largest absolute Gasteiger partial charge is 0.400 e. The summed E-state index contributed by atoms with van der Waals surface area (Å²) in [5, 5.41) is 7.00. The first-order valence-electron chi connectivity index (χ1n) is 2.63. The average Bonchev–Trinajstić information content (AvgIpc) is 2.04. The van der Waals surface area contributed by atoms with E-state index >= 15 is 0 Å². The number of rotatable bonds is 0. The minimum atomic E-state index is -1.05. The van der Waals surface area contributed by atoms with E-state index in [-0.39, 0.29) is 0 Å². The highest BCUT2D eigenvalue weighted by molar-refractivity contribution is 4.79. The van der Waals surface area contributed by atoms with E-state index < -0.39 is 16.0 Å². The number of aliphatic hydroxyl groups is 1. The lowest BCUT2D eigenvalue weighted by molar-refractivity contribution is 0.330. The molecule has 0 aliphatic heterocycles. The predicted octanol–water partition coefficient (Wildman–Crippen LogP) is -1.12. The Morgan fingerprint density at radius 3 is 2.45 bits per heavy atom. The van der Waals surface area contributed by atoms with Crippen molar-refractivity contribution in [1.29, 1.82) is 0 Å². The van der Waals surface area contributed by atoms with Crippen LogP contribution in [0.15, 0.2) is 21.9 Å². The van der Waals surface area contributed by atoms with Crippen LogP contribution >= 0.6 is 0 Å². The number of halogens is 1. The Hall–Kier alpha value is -1.43. The van der Waals surface area contributed by atoms with Gasteiger partial charge in [-0.05, 0) is 0 Å². The molecule has 1 rings (SSSR count). The highest BCUT2D eigenvalue weighted by Crippen LogP contribution is 1.62. The number of aromatic nitrogens is 2. The Bertz CT molecular complexity index is 288. The lowest BCUT2D eigenvalue weighted by atomic mass is 10.7. The second kappa shape index (κ2) is 4.40. The van der Waals surface area contributed by atoms with Gasteiger partial charge in [0.25, 0.3) is 5.56 Å². The van der Waals surface area contributed by atoms with Crippen LogP contribution in [0.25, 0.3) is 0 Å². The zero-order valence-electron chi connectivity index (χ0n) is 5.74. The molecular weight excluding hydrogens is 155 g/mol. The summed E-state index contributed by atoms with van der Waals surface area (Å²) in [6, 6.07) is 0.918. The molecule has 0 atom stereocenters. The molecule has 0 amide bonds. The topological polar surface area (TPSA) is 75.1 Å². The van der Waals surface area contributed by atoms with Crippen molar-refractivity contribution in [2.24, 2.45) is 0 Å². The van der Waals surface area contributed by atoms with Crippen LogP contribution in [-0.4, -0.2) is 22.0 Å². The maximum Gasteiger partial charge on any atom is 0.357 e. The maximum atomic E-state index is 12.0. The molecule has 0 aliphatic rings. The van der Waals surface area contributed by atoms with E-state index in [4.69, 9.17) is 5.11 Å². The number of aliphatic hydroxyl groups excluding tert-OH is 1. The van der Waals surface area contributed by atoms with Crippen LogP contribution in [0, 0.1) is 0 Å². The molecule has 0 bridgehead atoms. The molecule has 1 aromatic heterocycles. The Balaban J connectivity index is 0.000000461. The second-order valence-corrected chi connectivity index (χ2v) is 1.40. The van der Waals surface area contributed by atoms with Crippen LogP contribution in [0.4, 0.5) is 4.48 Å². The summed E-state index contributed by atoms with van der Waals surface area (Å²) < 4.78 is 12.0. The smallest absolute Gasteiger partial charge is 0.357 e. The Morgan fingerprint density at radius 2 is 2.09 bits per heavy atom. The summed E-state index contributed by atoms with van der Waals surface area (Å²) >= 11 is 0. The van der Waals surface area contributed by atoms with E-state index in [2.05, 4.69) is 0 Å². The maximum absolute atomic E-state index is 12.0. The molecule has 11 heavy (non-hydrogen) atoms. The molecule has 0 aromatic carbocycles. The summed E-state index contributed by atoms with van der Waals surface area (Å²) in [5.41, 5.74) is -2.01. The lowest BCUT2D eigenvalue weighted by Gasteiger charge is -1.83. The van der Waals surface area contributed by atoms with E-state index in [0.29, 0.717) is 0 Å². The fraction of sp³-hybridized carbons (Fsp3) is 0.200. The molecular formula is C5H7FN2O3. The normalized spacial score (nSPS) is 8.27. The quantitative estimate of drug-likeness (QED) is 0.507. The fourth-order valence-corrected chi connectivity index (χ4v) is 0.406. The number of H-pyrrole nitrogens is 1. The molecule has 0 saturated carbocycles. The van der Waals surface area contributed by atoms with Gasteiger partial charge in [-0.15, -0.1) is 0 Å². The van der Waals surface area contributed by atoms with Crippen molar-refractivity contribution in [2.45, 2.75) is 0 Å². The van der Waals surface area contributed by atoms with Gasteiger partial charge in [-0.25, -0.2) is 4.79 Å². The summed E-state index contributed by atoms with van der Waals surface area (Å²) in [4.78, 5) is 21.9. The van der Waals surface area contributed by atoms with Crippen molar-refractivity contribution in [2.75, 3.05) is 7.11 Å². The molecule has 1 heterocycles. The third-order valence-electron chi connectivity index (χ3n) is 0.805. The van der Waals surface area contributed by atoms with Crippen LogP contribution in [0.5, 0.6) is 0 Å².